The van der Waals surface area contributed by atoms with Crippen molar-refractivity contribution >= 4 is 35.8 Å². The lowest BCUT2D eigenvalue weighted by molar-refractivity contribution is 0.152. The van der Waals surface area contributed by atoms with Gasteiger partial charge in [0, 0.05) is 47.0 Å². The third-order valence-corrected chi connectivity index (χ3v) is 2.69. The number of rotatable bonds is 7. The summed E-state index contributed by atoms with van der Waals surface area (Å²) in [5, 5.41) is 6.47. The van der Waals surface area contributed by atoms with Gasteiger partial charge in [0.1, 0.15) is 5.82 Å². The zero-order valence-corrected chi connectivity index (χ0v) is 15.5. The van der Waals surface area contributed by atoms with Crippen LogP contribution in [0.5, 0.6) is 0 Å². The molecule has 0 aromatic carbocycles. The smallest absolute Gasteiger partial charge is 0.191 e. The highest BCUT2D eigenvalue weighted by molar-refractivity contribution is 14.0. The fraction of sp³-hybridized carbons (Fsp3) is 0.571. The molecule has 0 amide bonds. The molecule has 0 radical (unpaired) electrons. The van der Waals surface area contributed by atoms with Gasteiger partial charge < -0.3 is 20.3 Å². The average molecular weight is 407 g/mol. The lowest BCUT2D eigenvalue weighted by atomic mass is 10.2. The maximum Gasteiger partial charge on any atom is 0.191 e. The number of anilines is 1. The van der Waals surface area contributed by atoms with E-state index in [4.69, 9.17) is 4.74 Å². The predicted molar refractivity (Wildman–Crippen MR) is 98.7 cm³/mol. The van der Waals surface area contributed by atoms with E-state index in [1.54, 1.807) is 7.05 Å². The Labute approximate surface area is 144 Å². The number of nitrogens with one attached hydrogen (secondary N) is 2. The summed E-state index contributed by atoms with van der Waals surface area (Å²) in [6, 6.07) is 4.05. The molecule has 0 saturated heterocycles. The van der Waals surface area contributed by atoms with Crippen molar-refractivity contribution in [2.75, 3.05) is 45.8 Å². The molecule has 7 heteroatoms. The molecule has 0 aliphatic heterocycles. The Morgan fingerprint density at radius 3 is 2.76 bits per heavy atom. The summed E-state index contributed by atoms with van der Waals surface area (Å²) in [5.41, 5.74) is 1.16. The minimum atomic E-state index is 0. The number of pyridine rings is 1. The lowest BCUT2D eigenvalue weighted by Crippen LogP contribution is -2.38. The van der Waals surface area contributed by atoms with Crippen LogP contribution in [0.1, 0.15) is 12.5 Å². The van der Waals surface area contributed by atoms with Crippen LogP contribution in [0.4, 0.5) is 5.82 Å². The monoisotopic (exact) mass is 407 g/mol. The van der Waals surface area contributed by atoms with Crippen LogP contribution in [0.2, 0.25) is 0 Å². The Hall–Kier alpha value is -1.09. The zero-order valence-electron chi connectivity index (χ0n) is 13.2. The summed E-state index contributed by atoms with van der Waals surface area (Å²) in [4.78, 5) is 10.4. The van der Waals surface area contributed by atoms with E-state index in [2.05, 4.69) is 26.7 Å². The number of guanidine groups is 1. The number of aliphatic imine (C=N–C) groups is 1. The van der Waals surface area contributed by atoms with Crippen LogP contribution in [-0.2, 0) is 11.3 Å². The van der Waals surface area contributed by atoms with Crippen LogP contribution >= 0.6 is 24.0 Å². The molecule has 0 aliphatic carbocycles. The topological polar surface area (TPSA) is 61.8 Å². The number of hydrogen-bond donors (Lipinski definition) is 2. The van der Waals surface area contributed by atoms with Gasteiger partial charge in [0.25, 0.3) is 0 Å². The normalized spacial score (nSPS) is 10.8. The molecule has 0 atom stereocenters. The van der Waals surface area contributed by atoms with Crippen molar-refractivity contribution < 1.29 is 4.74 Å². The van der Waals surface area contributed by atoms with Crippen LogP contribution in [0.3, 0.4) is 0 Å². The van der Waals surface area contributed by atoms with Crippen molar-refractivity contribution in [3.05, 3.63) is 23.9 Å². The van der Waals surface area contributed by atoms with E-state index in [0.29, 0.717) is 13.2 Å². The van der Waals surface area contributed by atoms with Crippen molar-refractivity contribution in [2.24, 2.45) is 4.99 Å². The minimum absolute atomic E-state index is 0. The Balaban J connectivity index is 0.00000400. The molecule has 0 aliphatic rings. The Morgan fingerprint density at radius 2 is 2.14 bits per heavy atom. The first-order chi connectivity index (χ1) is 9.67. The van der Waals surface area contributed by atoms with E-state index in [-0.39, 0.29) is 24.0 Å². The Morgan fingerprint density at radius 1 is 1.38 bits per heavy atom. The minimum Gasteiger partial charge on any atom is -0.380 e. The maximum absolute atomic E-state index is 5.27. The van der Waals surface area contributed by atoms with Crippen LogP contribution in [0.15, 0.2) is 23.3 Å². The third kappa shape index (κ3) is 8.05. The molecule has 1 rings (SSSR count). The number of ether oxygens (including phenoxy) is 1. The summed E-state index contributed by atoms with van der Waals surface area (Å²) < 4.78 is 5.27. The molecule has 0 unspecified atom stereocenters. The SMILES string of the molecule is CCOCCNC(=NC)NCc1ccnc(N(C)C)c1.I. The van der Waals surface area contributed by atoms with E-state index in [1.165, 1.54) is 0 Å². The van der Waals surface area contributed by atoms with Crippen molar-refractivity contribution in [1.29, 1.82) is 0 Å². The third-order valence-electron chi connectivity index (χ3n) is 2.69. The molecule has 0 spiro atoms. The summed E-state index contributed by atoms with van der Waals surface area (Å²) in [5.74, 6) is 1.72. The first-order valence-corrected chi connectivity index (χ1v) is 6.82. The van der Waals surface area contributed by atoms with Crippen molar-refractivity contribution in [1.82, 2.24) is 15.6 Å². The summed E-state index contributed by atoms with van der Waals surface area (Å²) in [6.45, 7) is 4.85. The van der Waals surface area contributed by atoms with Crippen LogP contribution in [0, 0.1) is 0 Å². The quantitative estimate of drug-likeness (QED) is 0.310. The average Bonchev–Trinajstić information content (AvgIpc) is 2.47. The van der Waals surface area contributed by atoms with E-state index in [0.717, 1.165) is 30.5 Å². The van der Waals surface area contributed by atoms with Gasteiger partial charge in [0.05, 0.1) is 6.61 Å². The molecule has 0 fully saturated rings. The molecule has 0 saturated carbocycles. The van der Waals surface area contributed by atoms with Crippen molar-refractivity contribution in [3.63, 3.8) is 0 Å². The fourth-order valence-corrected chi connectivity index (χ4v) is 1.61. The second-order valence-electron chi connectivity index (χ2n) is 4.47. The highest BCUT2D eigenvalue weighted by atomic mass is 127. The summed E-state index contributed by atoms with van der Waals surface area (Å²) >= 11 is 0. The molecular weight excluding hydrogens is 381 g/mol. The second-order valence-corrected chi connectivity index (χ2v) is 4.47. The standard InChI is InChI=1S/C14H25N5O.HI/c1-5-20-9-8-17-14(15-2)18-11-12-6-7-16-13(10-12)19(3)4;/h6-7,10H,5,8-9,11H2,1-4H3,(H2,15,17,18);1H. The molecule has 2 N–H and O–H groups in total. The highest BCUT2D eigenvalue weighted by Gasteiger charge is 2.01. The second kappa shape index (κ2) is 11.6. The fourth-order valence-electron chi connectivity index (χ4n) is 1.61. The van der Waals surface area contributed by atoms with Gasteiger partial charge in [-0.3, -0.25) is 4.99 Å². The van der Waals surface area contributed by atoms with Crippen molar-refractivity contribution in [2.45, 2.75) is 13.5 Å². The van der Waals surface area contributed by atoms with Gasteiger partial charge in [-0.1, -0.05) is 0 Å². The molecule has 1 aromatic rings. The lowest BCUT2D eigenvalue weighted by Gasteiger charge is -2.14. The van der Waals surface area contributed by atoms with Gasteiger partial charge in [-0.25, -0.2) is 4.98 Å². The number of aromatic nitrogens is 1. The summed E-state index contributed by atoms with van der Waals surface area (Å²) in [6.07, 6.45) is 1.82. The van der Waals surface area contributed by atoms with Gasteiger partial charge >= 0.3 is 0 Å². The number of halogens is 1. The molecule has 21 heavy (non-hydrogen) atoms. The molecule has 1 heterocycles. The Bertz CT molecular complexity index is 426. The number of nitrogens with zero attached hydrogens (tertiary/aromatic N) is 3. The first kappa shape index (κ1) is 19.9. The predicted octanol–water partition coefficient (Wildman–Crippen LogP) is 1.47. The Kier molecular flexibility index (Phi) is 11.0. The highest BCUT2D eigenvalue weighted by Crippen LogP contribution is 2.08. The largest absolute Gasteiger partial charge is 0.380 e. The van der Waals surface area contributed by atoms with Crippen LogP contribution in [0.25, 0.3) is 0 Å². The van der Waals surface area contributed by atoms with Crippen LogP contribution < -0.4 is 15.5 Å². The maximum atomic E-state index is 5.27. The molecule has 120 valence electrons. The molecular formula is C14H26IN5O. The van der Waals surface area contributed by atoms with E-state index in [9.17, 15) is 0 Å². The molecule has 0 bridgehead atoms. The van der Waals surface area contributed by atoms with Gasteiger partial charge in [0.2, 0.25) is 0 Å². The molecule has 6 nitrogen and oxygen atoms in total. The summed E-state index contributed by atoms with van der Waals surface area (Å²) in [7, 11) is 5.72. The van der Waals surface area contributed by atoms with Crippen molar-refractivity contribution in [3.8, 4) is 0 Å². The van der Waals surface area contributed by atoms with E-state index < -0.39 is 0 Å². The van der Waals surface area contributed by atoms with Gasteiger partial charge in [0.15, 0.2) is 5.96 Å². The van der Waals surface area contributed by atoms with Crippen LogP contribution in [-0.4, -0.2) is 51.8 Å². The number of hydrogen-bond acceptors (Lipinski definition) is 4. The van der Waals surface area contributed by atoms with Gasteiger partial charge in [-0.2, -0.15) is 0 Å². The molecule has 1 aromatic heterocycles. The van der Waals surface area contributed by atoms with Gasteiger partial charge in [-0.05, 0) is 24.6 Å². The van der Waals surface area contributed by atoms with Gasteiger partial charge in [-0.15, -0.1) is 24.0 Å². The zero-order chi connectivity index (χ0) is 14.8. The first-order valence-electron chi connectivity index (χ1n) is 6.82. The van der Waals surface area contributed by atoms with E-state index >= 15 is 0 Å². The van der Waals surface area contributed by atoms with E-state index in [1.807, 2.05) is 38.2 Å².